The second-order valence-corrected chi connectivity index (χ2v) is 8.42. The van der Waals surface area contributed by atoms with Crippen molar-refractivity contribution in [3.8, 4) is 28.8 Å². The number of halogens is 1. The number of anilines is 1. The second-order valence-electron chi connectivity index (χ2n) is 7.57. The van der Waals surface area contributed by atoms with Crippen LogP contribution in [-0.4, -0.2) is 41.5 Å². The summed E-state index contributed by atoms with van der Waals surface area (Å²) in [4.78, 5) is 31.1. The van der Waals surface area contributed by atoms with Gasteiger partial charge in [0, 0.05) is 15.6 Å². The molecule has 186 valence electrons. The van der Waals surface area contributed by atoms with E-state index in [0.717, 1.165) is 0 Å². The molecule has 0 bridgehead atoms. The Hall–Kier alpha value is -4.17. The zero-order valence-corrected chi connectivity index (χ0v) is 21.5. The highest BCUT2D eigenvalue weighted by atomic mass is 79.9. The Labute approximate surface area is 216 Å². The van der Waals surface area contributed by atoms with E-state index < -0.39 is 11.5 Å². The molecule has 0 fully saturated rings. The Morgan fingerprint density at radius 1 is 1.25 bits per heavy atom. The number of hydrazone groups is 1. The Bertz CT molecular complexity index is 1350. The molecule has 0 atom stereocenters. The van der Waals surface area contributed by atoms with Crippen molar-refractivity contribution in [1.82, 2.24) is 9.97 Å². The summed E-state index contributed by atoms with van der Waals surface area (Å²) in [6.45, 7) is 5.45. The first-order valence-corrected chi connectivity index (χ1v) is 11.8. The number of esters is 1. The Morgan fingerprint density at radius 2 is 1.97 bits per heavy atom. The molecule has 0 saturated heterocycles. The average molecular weight is 554 g/mol. The highest BCUT2D eigenvalue weighted by Gasteiger charge is 2.15. The van der Waals surface area contributed by atoms with Crippen molar-refractivity contribution in [2.45, 2.75) is 26.9 Å². The fourth-order valence-electron chi connectivity index (χ4n) is 3.06. The first-order valence-electron chi connectivity index (χ1n) is 11.0. The van der Waals surface area contributed by atoms with E-state index in [0.29, 0.717) is 33.7 Å². The lowest BCUT2D eigenvalue weighted by atomic mass is 10.1. The van der Waals surface area contributed by atoms with Gasteiger partial charge in [0.1, 0.15) is 11.6 Å². The highest BCUT2D eigenvalue weighted by molar-refractivity contribution is 9.10. The van der Waals surface area contributed by atoms with Crippen LogP contribution in [0.2, 0.25) is 0 Å². The predicted molar refractivity (Wildman–Crippen MR) is 138 cm³/mol. The van der Waals surface area contributed by atoms with Gasteiger partial charge < -0.3 is 14.2 Å². The van der Waals surface area contributed by atoms with E-state index in [9.17, 15) is 14.9 Å². The SMILES string of the molecule is CCOc1cc(C=NNc2nc(-c3ccccc3)c(C#N)c(=O)[nH]2)c(Br)cc1OCC(=O)OC(C)C. The minimum absolute atomic E-state index is 0.0684. The molecule has 0 spiro atoms. The summed E-state index contributed by atoms with van der Waals surface area (Å²) in [5.74, 6) is 0.354. The van der Waals surface area contributed by atoms with E-state index in [1.165, 1.54) is 6.21 Å². The molecule has 3 rings (SSSR count). The molecule has 36 heavy (non-hydrogen) atoms. The number of aromatic amines is 1. The third-order valence-electron chi connectivity index (χ3n) is 4.53. The molecule has 10 nitrogen and oxygen atoms in total. The number of H-pyrrole nitrogens is 1. The minimum atomic E-state index is -0.582. The van der Waals surface area contributed by atoms with Crippen molar-refractivity contribution in [1.29, 1.82) is 5.26 Å². The number of carbonyl (C=O) groups excluding carboxylic acids is 1. The van der Waals surface area contributed by atoms with E-state index in [4.69, 9.17) is 14.2 Å². The van der Waals surface area contributed by atoms with Crippen LogP contribution in [0.4, 0.5) is 5.95 Å². The topological polar surface area (TPSA) is 139 Å². The summed E-state index contributed by atoms with van der Waals surface area (Å²) in [7, 11) is 0. The molecule has 0 aliphatic rings. The smallest absolute Gasteiger partial charge is 0.344 e. The molecule has 0 saturated carbocycles. The molecule has 3 aromatic rings. The summed E-state index contributed by atoms with van der Waals surface area (Å²) in [6, 6.07) is 14.2. The predicted octanol–water partition coefficient (Wildman–Crippen LogP) is 4.25. The fraction of sp³-hybridized carbons (Fsp3) is 0.240. The van der Waals surface area contributed by atoms with Gasteiger partial charge in [-0.3, -0.25) is 9.78 Å². The summed E-state index contributed by atoms with van der Waals surface area (Å²) >= 11 is 3.46. The van der Waals surface area contributed by atoms with E-state index in [1.54, 1.807) is 50.2 Å². The van der Waals surface area contributed by atoms with E-state index in [2.05, 4.69) is 36.4 Å². The average Bonchev–Trinajstić information content (AvgIpc) is 2.84. The molecule has 0 unspecified atom stereocenters. The van der Waals surface area contributed by atoms with Crippen molar-refractivity contribution < 1.29 is 19.0 Å². The summed E-state index contributed by atoms with van der Waals surface area (Å²) in [5.41, 5.74) is 3.52. The molecular weight excluding hydrogens is 530 g/mol. The molecule has 1 aromatic heterocycles. The summed E-state index contributed by atoms with van der Waals surface area (Å²) < 4.78 is 16.9. The van der Waals surface area contributed by atoms with E-state index in [-0.39, 0.29) is 29.9 Å². The maximum Gasteiger partial charge on any atom is 0.344 e. The van der Waals surface area contributed by atoms with Crippen LogP contribution in [0.1, 0.15) is 31.9 Å². The van der Waals surface area contributed by atoms with Gasteiger partial charge >= 0.3 is 5.97 Å². The van der Waals surface area contributed by atoms with Crippen LogP contribution < -0.4 is 20.5 Å². The summed E-state index contributed by atoms with van der Waals surface area (Å²) in [6.07, 6.45) is 1.25. The van der Waals surface area contributed by atoms with Crippen LogP contribution in [0.25, 0.3) is 11.3 Å². The summed E-state index contributed by atoms with van der Waals surface area (Å²) in [5, 5.41) is 13.5. The van der Waals surface area contributed by atoms with Gasteiger partial charge in [0.2, 0.25) is 5.95 Å². The zero-order chi connectivity index (χ0) is 26.1. The first-order chi connectivity index (χ1) is 17.3. The largest absolute Gasteiger partial charge is 0.490 e. The number of aromatic nitrogens is 2. The molecule has 1 heterocycles. The first kappa shape index (κ1) is 26.4. The molecule has 2 aromatic carbocycles. The van der Waals surface area contributed by atoms with Crippen LogP contribution in [-0.2, 0) is 9.53 Å². The van der Waals surface area contributed by atoms with Gasteiger partial charge in [-0.1, -0.05) is 30.3 Å². The number of ether oxygens (including phenoxy) is 3. The third kappa shape index (κ3) is 6.93. The standard InChI is InChI=1S/C25H24BrN5O5/c1-4-34-20-10-17(19(26)11-21(20)35-14-22(32)36-15(2)3)13-28-31-25-29-23(16-8-6-5-7-9-16)18(12-27)24(33)30-25/h5-11,13,15H,4,14H2,1-3H3,(H2,29,30,31,33). The quantitative estimate of drug-likeness (QED) is 0.216. The van der Waals surface area contributed by atoms with Crippen LogP contribution in [0, 0.1) is 11.3 Å². The number of carbonyl (C=O) groups is 1. The van der Waals surface area contributed by atoms with Crippen molar-refractivity contribution in [3.63, 3.8) is 0 Å². The van der Waals surface area contributed by atoms with E-state index >= 15 is 0 Å². The van der Waals surface area contributed by atoms with Crippen molar-refractivity contribution in [3.05, 3.63) is 68.4 Å². The van der Waals surface area contributed by atoms with Crippen molar-refractivity contribution in [2.24, 2.45) is 5.10 Å². The number of hydrogen-bond acceptors (Lipinski definition) is 9. The molecule has 0 radical (unpaired) electrons. The number of rotatable bonds is 10. The minimum Gasteiger partial charge on any atom is -0.490 e. The van der Waals surface area contributed by atoms with Gasteiger partial charge in [-0.2, -0.15) is 10.4 Å². The number of nitrogens with zero attached hydrogens (tertiary/aromatic N) is 3. The molecule has 2 N–H and O–H groups in total. The Kier molecular flexibility index (Phi) is 9.19. The maximum absolute atomic E-state index is 12.4. The Morgan fingerprint density at radius 3 is 2.64 bits per heavy atom. The van der Waals surface area contributed by atoms with Crippen LogP contribution in [0.3, 0.4) is 0 Å². The molecule has 0 aliphatic heterocycles. The van der Waals surface area contributed by atoms with Crippen molar-refractivity contribution in [2.75, 3.05) is 18.6 Å². The molecule has 0 amide bonds. The third-order valence-corrected chi connectivity index (χ3v) is 5.21. The van der Waals surface area contributed by atoms with Gasteiger partial charge in [-0.15, -0.1) is 0 Å². The number of hydrogen-bond donors (Lipinski definition) is 2. The number of nitriles is 1. The maximum atomic E-state index is 12.4. The number of nitrogens with one attached hydrogen (secondary N) is 2. The molecule has 11 heteroatoms. The van der Waals surface area contributed by atoms with Crippen molar-refractivity contribution >= 4 is 34.1 Å². The molecular formula is C25H24BrN5O5. The van der Waals surface area contributed by atoms with Gasteiger partial charge in [0.15, 0.2) is 18.1 Å². The Balaban J connectivity index is 1.82. The number of benzene rings is 2. The lowest BCUT2D eigenvalue weighted by molar-refractivity contribution is -0.149. The zero-order valence-electron chi connectivity index (χ0n) is 19.9. The van der Waals surface area contributed by atoms with Gasteiger partial charge in [-0.25, -0.2) is 15.2 Å². The lowest BCUT2D eigenvalue weighted by Gasteiger charge is -2.14. The lowest BCUT2D eigenvalue weighted by Crippen LogP contribution is -2.19. The highest BCUT2D eigenvalue weighted by Crippen LogP contribution is 2.33. The van der Waals surface area contributed by atoms with Gasteiger partial charge in [0.25, 0.3) is 5.56 Å². The monoisotopic (exact) mass is 553 g/mol. The fourth-order valence-corrected chi connectivity index (χ4v) is 3.49. The van der Waals surface area contributed by atoms with Gasteiger partial charge in [-0.05, 0) is 48.8 Å². The molecule has 0 aliphatic carbocycles. The van der Waals surface area contributed by atoms with Gasteiger partial charge in [0.05, 0.1) is 24.6 Å². The van der Waals surface area contributed by atoms with Crippen LogP contribution in [0.15, 0.2) is 56.8 Å². The normalized spacial score (nSPS) is 10.8. The second kappa shape index (κ2) is 12.5. The van der Waals surface area contributed by atoms with Crippen LogP contribution >= 0.6 is 15.9 Å². The van der Waals surface area contributed by atoms with Crippen LogP contribution in [0.5, 0.6) is 11.5 Å². The van der Waals surface area contributed by atoms with E-state index in [1.807, 2.05) is 19.1 Å².